The highest BCUT2D eigenvalue weighted by atomic mass is 79.9. The molecule has 2 heterocycles. The van der Waals surface area contributed by atoms with Crippen LogP contribution in [-0.2, 0) is 6.54 Å². The molecule has 2 aromatic heterocycles. The summed E-state index contributed by atoms with van der Waals surface area (Å²) < 4.78 is 0.890. The molecule has 0 radical (unpaired) electrons. The zero-order valence-electron chi connectivity index (χ0n) is 10.9. The molecule has 1 aromatic carbocycles. The summed E-state index contributed by atoms with van der Waals surface area (Å²) in [5, 5.41) is 6.97. The van der Waals surface area contributed by atoms with E-state index in [4.69, 9.17) is 11.6 Å². The second kappa shape index (κ2) is 6.56. The monoisotopic (exact) mass is 379 g/mol. The molecule has 0 aliphatic rings. The highest BCUT2D eigenvalue weighted by Gasteiger charge is 2.05. The second-order valence-electron chi connectivity index (χ2n) is 4.34. The Kier molecular flexibility index (Phi) is 4.53. The standard InChI is InChI=1S/C15H11BrClN3S/c16-12-5-4-10(7-13(12)17)19-8-11-9-21-15(20-11)14-3-1-2-6-18-14/h1-7,9,19H,8H2. The van der Waals surface area contributed by atoms with Crippen LogP contribution < -0.4 is 5.32 Å². The molecule has 3 nitrogen and oxygen atoms in total. The van der Waals surface area contributed by atoms with Gasteiger partial charge in [-0.1, -0.05) is 17.7 Å². The Morgan fingerprint density at radius 1 is 1.24 bits per heavy atom. The molecule has 1 N–H and O–H groups in total. The number of anilines is 1. The maximum Gasteiger partial charge on any atom is 0.142 e. The van der Waals surface area contributed by atoms with Crippen LogP contribution in [-0.4, -0.2) is 9.97 Å². The molecule has 0 amide bonds. The van der Waals surface area contributed by atoms with Gasteiger partial charge in [0.2, 0.25) is 0 Å². The van der Waals surface area contributed by atoms with Crippen LogP contribution in [0.1, 0.15) is 5.69 Å². The van der Waals surface area contributed by atoms with Gasteiger partial charge in [-0.15, -0.1) is 11.3 Å². The molecule has 0 saturated heterocycles. The predicted molar refractivity (Wildman–Crippen MR) is 91.8 cm³/mol. The number of nitrogens with zero attached hydrogens (tertiary/aromatic N) is 2. The Hall–Kier alpha value is -1.43. The highest BCUT2D eigenvalue weighted by Crippen LogP contribution is 2.26. The molecule has 0 bridgehead atoms. The molecular weight excluding hydrogens is 370 g/mol. The maximum atomic E-state index is 6.07. The zero-order valence-corrected chi connectivity index (χ0v) is 14.0. The first-order valence-electron chi connectivity index (χ1n) is 6.27. The van der Waals surface area contributed by atoms with Gasteiger partial charge in [-0.25, -0.2) is 4.98 Å². The molecule has 106 valence electrons. The molecule has 0 aliphatic heterocycles. The van der Waals surface area contributed by atoms with E-state index in [0.29, 0.717) is 11.6 Å². The maximum absolute atomic E-state index is 6.07. The number of thiazole rings is 1. The molecule has 0 spiro atoms. The van der Waals surface area contributed by atoms with Gasteiger partial charge >= 0.3 is 0 Å². The fourth-order valence-corrected chi connectivity index (χ4v) is 3.02. The minimum Gasteiger partial charge on any atom is -0.379 e. The molecule has 3 aromatic rings. The number of pyridine rings is 1. The van der Waals surface area contributed by atoms with Gasteiger partial charge < -0.3 is 5.32 Å². The highest BCUT2D eigenvalue weighted by molar-refractivity contribution is 9.10. The average molecular weight is 381 g/mol. The van der Waals surface area contributed by atoms with E-state index >= 15 is 0 Å². The van der Waals surface area contributed by atoms with Gasteiger partial charge in [0.05, 0.1) is 23.0 Å². The first-order valence-corrected chi connectivity index (χ1v) is 8.32. The fraction of sp³-hybridized carbons (Fsp3) is 0.0667. The van der Waals surface area contributed by atoms with Crippen molar-refractivity contribution in [2.75, 3.05) is 5.32 Å². The first-order chi connectivity index (χ1) is 10.2. The minimum absolute atomic E-state index is 0.654. The minimum atomic E-state index is 0.654. The Morgan fingerprint density at radius 3 is 2.90 bits per heavy atom. The summed E-state index contributed by atoms with van der Waals surface area (Å²) in [7, 11) is 0. The Labute approximate surface area is 140 Å². The Morgan fingerprint density at radius 2 is 2.14 bits per heavy atom. The Balaban J connectivity index is 1.69. The number of rotatable bonds is 4. The van der Waals surface area contributed by atoms with Crippen LogP contribution in [0.15, 0.2) is 52.4 Å². The largest absolute Gasteiger partial charge is 0.379 e. The summed E-state index contributed by atoms with van der Waals surface area (Å²) in [6.45, 7) is 0.654. The predicted octanol–water partition coefficient (Wildman–Crippen LogP) is 5.23. The normalized spacial score (nSPS) is 10.6. The number of halogens is 2. The van der Waals surface area contributed by atoms with E-state index < -0.39 is 0 Å². The van der Waals surface area contributed by atoms with Crippen LogP contribution >= 0.6 is 38.9 Å². The molecule has 0 unspecified atom stereocenters. The molecule has 6 heteroatoms. The molecular formula is C15H11BrClN3S. The fourth-order valence-electron chi connectivity index (χ4n) is 1.79. The average Bonchev–Trinajstić information content (AvgIpc) is 2.98. The third-order valence-corrected chi connectivity index (χ3v) is 4.98. The first kappa shape index (κ1) is 14.5. The quantitative estimate of drug-likeness (QED) is 0.673. The van der Waals surface area contributed by atoms with E-state index in [1.165, 1.54) is 0 Å². The molecule has 0 atom stereocenters. The van der Waals surface area contributed by atoms with Gasteiger partial charge in [0.15, 0.2) is 0 Å². The lowest BCUT2D eigenvalue weighted by molar-refractivity contribution is 1.07. The number of hydrogen-bond acceptors (Lipinski definition) is 4. The van der Waals surface area contributed by atoms with Crippen LogP contribution in [0.4, 0.5) is 5.69 Å². The van der Waals surface area contributed by atoms with Gasteiger partial charge in [0, 0.05) is 21.7 Å². The van der Waals surface area contributed by atoms with E-state index in [-0.39, 0.29) is 0 Å². The van der Waals surface area contributed by atoms with E-state index in [0.717, 1.165) is 26.6 Å². The van der Waals surface area contributed by atoms with E-state index in [2.05, 4.69) is 31.2 Å². The van der Waals surface area contributed by atoms with Crippen LogP contribution in [0.2, 0.25) is 5.02 Å². The lowest BCUT2D eigenvalue weighted by Crippen LogP contribution is -1.99. The third-order valence-electron chi connectivity index (χ3n) is 2.83. The lowest BCUT2D eigenvalue weighted by atomic mass is 10.3. The van der Waals surface area contributed by atoms with Gasteiger partial charge in [0.1, 0.15) is 5.01 Å². The smallest absolute Gasteiger partial charge is 0.142 e. The number of nitrogens with one attached hydrogen (secondary N) is 1. The molecule has 0 fully saturated rings. The summed E-state index contributed by atoms with van der Waals surface area (Å²) in [5.41, 5.74) is 2.86. The number of hydrogen-bond donors (Lipinski definition) is 1. The summed E-state index contributed by atoms with van der Waals surface area (Å²) in [6, 6.07) is 11.6. The molecule has 0 saturated carbocycles. The van der Waals surface area contributed by atoms with Gasteiger partial charge in [-0.2, -0.15) is 0 Å². The summed E-state index contributed by atoms with van der Waals surface area (Å²) in [6.07, 6.45) is 1.78. The molecule has 21 heavy (non-hydrogen) atoms. The van der Waals surface area contributed by atoms with E-state index in [1.54, 1.807) is 17.5 Å². The van der Waals surface area contributed by atoms with Crippen molar-refractivity contribution in [3.63, 3.8) is 0 Å². The van der Waals surface area contributed by atoms with Crippen molar-refractivity contribution in [1.82, 2.24) is 9.97 Å². The van der Waals surface area contributed by atoms with E-state index in [9.17, 15) is 0 Å². The molecule has 0 aliphatic carbocycles. The van der Waals surface area contributed by atoms with Crippen molar-refractivity contribution in [3.05, 3.63) is 63.2 Å². The topological polar surface area (TPSA) is 37.8 Å². The van der Waals surface area contributed by atoms with Gasteiger partial charge in [0.25, 0.3) is 0 Å². The van der Waals surface area contributed by atoms with Crippen molar-refractivity contribution in [2.24, 2.45) is 0 Å². The molecule has 3 rings (SSSR count). The van der Waals surface area contributed by atoms with Gasteiger partial charge in [-0.05, 0) is 46.3 Å². The van der Waals surface area contributed by atoms with Crippen molar-refractivity contribution in [3.8, 4) is 10.7 Å². The zero-order chi connectivity index (χ0) is 14.7. The Bertz CT molecular complexity index is 746. The summed E-state index contributed by atoms with van der Waals surface area (Å²) in [5.74, 6) is 0. The van der Waals surface area contributed by atoms with Crippen LogP contribution in [0, 0.1) is 0 Å². The van der Waals surface area contributed by atoms with E-state index in [1.807, 2.05) is 41.8 Å². The van der Waals surface area contributed by atoms with Crippen molar-refractivity contribution in [1.29, 1.82) is 0 Å². The van der Waals surface area contributed by atoms with Crippen molar-refractivity contribution < 1.29 is 0 Å². The van der Waals surface area contributed by atoms with Crippen molar-refractivity contribution in [2.45, 2.75) is 6.54 Å². The summed E-state index contributed by atoms with van der Waals surface area (Å²) >= 11 is 11.0. The number of aromatic nitrogens is 2. The lowest BCUT2D eigenvalue weighted by Gasteiger charge is -2.05. The van der Waals surface area contributed by atoms with Gasteiger partial charge in [-0.3, -0.25) is 4.98 Å². The van der Waals surface area contributed by atoms with Crippen LogP contribution in [0.5, 0.6) is 0 Å². The second-order valence-corrected chi connectivity index (χ2v) is 6.46. The number of benzene rings is 1. The van der Waals surface area contributed by atoms with Crippen LogP contribution in [0.3, 0.4) is 0 Å². The van der Waals surface area contributed by atoms with Crippen LogP contribution in [0.25, 0.3) is 10.7 Å². The summed E-state index contributed by atoms with van der Waals surface area (Å²) in [4.78, 5) is 8.89. The third kappa shape index (κ3) is 3.61. The SMILES string of the molecule is Clc1cc(NCc2csc(-c3ccccn3)n2)ccc1Br. The van der Waals surface area contributed by atoms with Crippen molar-refractivity contribution >= 4 is 44.6 Å².